The van der Waals surface area contributed by atoms with Gasteiger partial charge in [0.2, 0.25) is 5.91 Å². The van der Waals surface area contributed by atoms with Gasteiger partial charge in [0.1, 0.15) is 5.75 Å². The monoisotopic (exact) mass is 254 g/mol. The van der Waals surface area contributed by atoms with Crippen molar-refractivity contribution in [3.8, 4) is 0 Å². The standard InChI is InChI=1S/C12H18N2O2S/c1-9(2)17(16)8-12(15)14-11-5-3-10(7-13)4-6-11/h3-6,9H,7-8,13H2,1-2H3,(H,14,15). The first-order valence-corrected chi connectivity index (χ1v) is 6.87. The maximum atomic E-state index is 11.6. The number of benzene rings is 1. The van der Waals surface area contributed by atoms with E-state index in [1.807, 2.05) is 26.0 Å². The van der Waals surface area contributed by atoms with Gasteiger partial charge in [-0.15, -0.1) is 0 Å². The first-order valence-electron chi connectivity index (χ1n) is 5.49. The molecule has 0 fully saturated rings. The molecule has 3 N–H and O–H groups in total. The second kappa shape index (κ2) is 6.51. The normalized spacial score (nSPS) is 12.5. The van der Waals surface area contributed by atoms with E-state index < -0.39 is 10.8 Å². The van der Waals surface area contributed by atoms with Crippen LogP contribution in [0, 0.1) is 0 Å². The summed E-state index contributed by atoms with van der Waals surface area (Å²) in [5, 5.41) is 2.71. The van der Waals surface area contributed by atoms with Gasteiger partial charge in [-0.25, -0.2) is 0 Å². The van der Waals surface area contributed by atoms with Gasteiger partial charge in [-0.3, -0.25) is 9.00 Å². The lowest BCUT2D eigenvalue weighted by molar-refractivity contribution is -0.113. The van der Waals surface area contributed by atoms with E-state index in [2.05, 4.69) is 5.32 Å². The highest BCUT2D eigenvalue weighted by Crippen LogP contribution is 2.09. The molecular weight excluding hydrogens is 236 g/mol. The van der Waals surface area contributed by atoms with Gasteiger partial charge in [0.25, 0.3) is 0 Å². The van der Waals surface area contributed by atoms with E-state index in [1.54, 1.807) is 12.1 Å². The molecule has 0 saturated heterocycles. The molecule has 1 atom stereocenters. The van der Waals surface area contributed by atoms with Gasteiger partial charge in [-0.2, -0.15) is 0 Å². The topological polar surface area (TPSA) is 72.2 Å². The third-order valence-corrected chi connectivity index (χ3v) is 3.87. The van der Waals surface area contributed by atoms with Gasteiger partial charge < -0.3 is 11.1 Å². The number of nitrogens with one attached hydrogen (secondary N) is 1. The summed E-state index contributed by atoms with van der Waals surface area (Å²) in [6.07, 6.45) is 0. The Morgan fingerprint density at radius 3 is 2.41 bits per heavy atom. The summed E-state index contributed by atoms with van der Waals surface area (Å²) in [4.78, 5) is 11.6. The van der Waals surface area contributed by atoms with Crippen LogP contribution in [0.2, 0.25) is 0 Å². The molecule has 1 aromatic rings. The molecule has 0 saturated carbocycles. The summed E-state index contributed by atoms with van der Waals surface area (Å²) >= 11 is 0. The Balaban J connectivity index is 2.53. The van der Waals surface area contributed by atoms with Gasteiger partial charge in [0, 0.05) is 28.3 Å². The maximum Gasteiger partial charge on any atom is 0.237 e. The fraction of sp³-hybridized carbons (Fsp3) is 0.417. The minimum absolute atomic E-state index is 0.000339. The maximum absolute atomic E-state index is 11.6. The fourth-order valence-electron chi connectivity index (χ4n) is 1.22. The second-order valence-corrected chi connectivity index (χ2v) is 6.02. The van der Waals surface area contributed by atoms with Crippen LogP contribution in [0.25, 0.3) is 0 Å². The Morgan fingerprint density at radius 2 is 1.94 bits per heavy atom. The SMILES string of the molecule is CC(C)S(=O)CC(=O)Nc1ccc(CN)cc1. The van der Waals surface area contributed by atoms with Gasteiger partial charge in [-0.05, 0) is 17.7 Å². The summed E-state index contributed by atoms with van der Waals surface area (Å²) < 4.78 is 11.5. The molecule has 1 rings (SSSR count). The molecule has 0 aliphatic rings. The average molecular weight is 254 g/mol. The Morgan fingerprint density at radius 1 is 1.35 bits per heavy atom. The average Bonchev–Trinajstić information content (AvgIpc) is 2.29. The molecule has 1 aromatic carbocycles. The van der Waals surface area contributed by atoms with Crippen LogP contribution in [-0.4, -0.2) is 21.1 Å². The summed E-state index contributed by atoms with van der Waals surface area (Å²) in [6.45, 7) is 4.14. The van der Waals surface area contributed by atoms with Gasteiger partial charge in [-0.1, -0.05) is 26.0 Å². The van der Waals surface area contributed by atoms with Crippen LogP contribution in [0.1, 0.15) is 19.4 Å². The lowest BCUT2D eigenvalue weighted by atomic mass is 10.2. The Bertz CT molecular complexity index is 401. The van der Waals surface area contributed by atoms with Crippen molar-refractivity contribution in [3.63, 3.8) is 0 Å². The number of anilines is 1. The van der Waals surface area contributed by atoms with E-state index in [0.717, 1.165) is 5.56 Å². The molecule has 0 aromatic heterocycles. The number of amides is 1. The molecule has 4 nitrogen and oxygen atoms in total. The largest absolute Gasteiger partial charge is 0.326 e. The van der Waals surface area contributed by atoms with Crippen LogP contribution >= 0.6 is 0 Å². The second-order valence-electron chi connectivity index (χ2n) is 4.02. The lowest BCUT2D eigenvalue weighted by Crippen LogP contribution is -2.23. The van der Waals surface area contributed by atoms with E-state index in [-0.39, 0.29) is 16.9 Å². The Kier molecular flexibility index (Phi) is 5.31. The predicted octanol–water partition coefficient (Wildman–Crippen LogP) is 1.24. The zero-order valence-corrected chi connectivity index (χ0v) is 10.9. The summed E-state index contributed by atoms with van der Waals surface area (Å²) in [5.74, 6) is -0.187. The number of nitrogens with two attached hydrogens (primary N) is 1. The van der Waals surface area contributed by atoms with Crippen molar-refractivity contribution in [2.45, 2.75) is 25.6 Å². The van der Waals surface area contributed by atoms with Crippen molar-refractivity contribution >= 4 is 22.4 Å². The van der Waals surface area contributed by atoms with Crippen LogP contribution in [0.5, 0.6) is 0 Å². The zero-order chi connectivity index (χ0) is 12.8. The number of rotatable bonds is 5. The number of carbonyl (C=O) groups excluding carboxylic acids is 1. The van der Waals surface area contributed by atoms with Gasteiger partial charge in [0.05, 0.1) is 0 Å². The third kappa shape index (κ3) is 4.66. The first-order chi connectivity index (χ1) is 8.02. The highest BCUT2D eigenvalue weighted by Gasteiger charge is 2.11. The minimum atomic E-state index is -1.11. The van der Waals surface area contributed by atoms with E-state index in [1.165, 1.54) is 0 Å². The van der Waals surface area contributed by atoms with Crippen molar-refractivity contribution in [1.82, 2.24) is 0 Å². The lowest BCUT2D eigenvalue weighted by Gasteiger charge is -2.07. The van der Waals surface area contributed by atoms with Crippen LogP contribution in [0.15, 0.2) is 24.3 Å². The van der Waals surface area contributed by atoms with Gasteiger partial charge >= 0.3 is 0 Å². The van der Waals surface area contributed by atoms with Crippen LogP contribution in [-0.2, 0) is 22.1 Å². The molecular formula is C12H18N2O2S. The van der Waals surface area contributed by atoms with Crippen molar-refractivity contribution in [2.75, 3.05) is 11.1 Å². The summed E-state index contributed by atoms with van der Waals surface area (Å²) in [5.41, 5.74) is 7.18. The molecule has 0 radical (unpaired) electrons. The molecule has 0 spiro atoms. The quantitative estimate of drug-likeness (QED) is 0.830. The van der Waals surface area contributed by atoms with E-state index in [9.17, 15) is 9.00 Å². The molecule has 0 bridgehead atoms. The molecule has 5 heteroatoms. The van der Waals surface area contributed by atoms with Crippen molar-refractivity contribution in [1.29, 1.82) is 0 Å². The zero-order valence-electron chi connectivity index (χ0n) is 10.1. The molecule has 94 valence electrons. The number of carbonyl (C=O) groups is 1. The first kappa shape index (κ1) is 13.9. The van der Waals surface area contributed by atoms with Crippen LogP contribution in [0.3, 0.4) is 0 Å². The third-order valence-electron chi connectivity index (χ3n) is 2.27. The van der Waals surface area contributed by atoms with E-state index >= 15 is 0 Å². The highest BCUT2D eigenvalue weighted by molar-refractivity contribution is 7.86. The fourth-order valence-corrected chi connectivity index (χ4v) is 1.88. The molecule has 0 aliphatic carbocycles. The van der Waals surface area contributed by atoms with Crippen LogP contribution in [0.4, 0.5) is 5.69 Å². The van der Waals surface area contributed by atoms with E-state index in [4.69, 9.17) is 5.73 Å². The number of hydrogen-bond acceptors (Lipinski definition) is 3. The van der Waals surface area contributed by atoms with Gasteiger partial charge in [0.15, 0.2) is 0 Å². The molecule has 0 aliphatic heterocycles. The minimum Gasteiger partial charge on any atom is -0.326 e. The smallest absolute Gasteiger partial charge is 0.237 e. The van der Waals surface area contributed by atoms with Crippen molar-refractivity contribution in [2.24, 2.45) is 5.73 Å². The molecule has 1 amide bonds. The molecule has 17 heavy (non-hydrogen) atoms. The summed E-state index contributed by atoms with van der Waals surface area (Å²) in [6, 6.07) is 7.29. The summed E-state index contributed by atoms with van der Waals surface area (Å²) in [7, 11) is -1.11. The highest BCUT2D eigenvalue weighted by atomic mass is 32.2. The molecule has 0 heterocycles. The Hall–Kier alpha value is -1.20. The predicted molar refractivity (Wildman–Crippen MR) is 71.1 cm³/mol. The van der Waals surface area contributed by atoms with Crippen LogP contribution < -0.4 is 11.1 Å². The van der Waals surface area contributed by atoms with Crippen molar-refractivity contribution < 1.29 is 9.00 Å². The Labute approximate surface area is 104 Å². The van der Waals surface area contributed by atoms with E-state index in [0.29, 0.717) is 12.2 Å². The van der Waals surface area contributed by atoms with Crippen molar-refractivity contribution in [3.05, 3.63) is 29.8 Å². The molecule has 1 unspecified atom stereocenters. The number of hydrogen-bond donors (Lipinski definition) is 2.